The van der Waals surface area contributed by atoms with Gasteiger partial charge in [0.15, 0.2) is 0 Å². The van der Waals surface area contributed by atoms with Crippen LogP contribution < -0.4 is 5.32 Å². The summed E-state index contributed by atoms with van der Waals surface area (Å²) in [5, 5.41) is 3.35. The van der Waals surface area contributed by atoms with E-state index in [-0.39, 0.29) is 75.7 Å². The Balaban J connectivity index is 1.56. The lowest BCUT2D eigenvalue weighted by Gasteiger charge is -2.70. The number of rotatable bonds is 16. The Morgan fingerprint density at radius 3 is 2.06 bits per heavy atom. The zero-order valence-electron chi connectivity index (χ0n) is 35.2. The Hall–Kier alpha value is -2.20. The highest BCUT2D eigenvalue weighted by Crippen LogP contribution is 2.76. The van der Waals surface area contributed by atoms with Crippen molar-refractivity contribution in [1.29, 1.82) is 0 Å². The van der Waals surface area contributed by atoms with E-state index in [0.29, 0.717) is 38.0 Å². The van der Waals surface area contributed by atoms with E-state index in [1.165, 1.54) is 20.8 Å². The number of hydrogen-bond donors (Lipinski definition) is 1. The van der Waals surface area contributed by atoms with Crippen LogP contribution in [-0.2, 0) is 42.9 Å². The summed E-state index contributed by atoms with van der Waals surface area (Å²) < 4.78 is 29.7. The van der Waals surface area contributed by atoms with E-state index in [1.807, 2.05) is 13.8 Å². The van der Waals surface area contributed by atoms with Crippen LogP contribution in [-0.4, -0.2) is 73.6 Å². The number of esters is 4. The van der Waals surface area contributed by atoms with Gasteiger partial charge in [-0.25, -0.2) is 0 Å². The SMILES string of the molecule is CCOC(=O)C(NCCCCC[C@](C)(OC(C)=O)C1CC[C@]2(C)[C@@H]1C(OC(C)=O)CC1[C@@]3(C)CC[C@H](OC(C)=O)C(C)(C)C3CC[C@]12C)C(C)OCC. The summed E-state index contributed by atoms with van der Waals surface area (Å²) in [6.07, 6.45) is 9.24. The predicted molar refractivity (Wildman–Crippen MR) is 204 cm³/mol. The van der Waals surface area contributed by atoms with E-state index in [1.54, 1.807) is 6.92 Å². The Morgan fingerprint density at radius 2 is 1.45 bits per heavy atom. The average Bonchev–Trinajstić information content (AvgIpc) is 3.43. The zero-order chi connectivity index (χ0) is 39.6. The number of unbranched alkanes of at least 4 members (excludes halogenated alkanes) is 2. The Kier molecular flexibility index (Phi) is 13.9. The van der Waals surface area contributed by atoms with E-state index in [2.05, 4.69) is 46.9 Å². The van der Waals surface area contributed by atoms with Crippen molar-refractivity contribution < 1.29 is 42.9 Å². The number of ether oxygens (including phenoxy) is 5. The van der Waals surface area contributed by atoms with E-state index < -0.39 is 11.6 Å². The lowest BCUT2D eigenvalue weighted by molar-refractivity contribution is -0.253. The monoisotopic (exact) mass is 748 g/mol. The van der Waals surface area contributed by atoms with Gasteiger partial charge in [-0.1, -0.05) is 41.0 Å². The van der Waals surface area contributed by atoms with Crippen molar-refractivity contribution in [3.63, 3.8) is 0 Å². The minimum Gasteiger partial charge on any atom is -0.465 e. The van der Waals surface area contributed by atoms with Gasteiger partial charge in [-0.2, -0.15) is 0 Å². The number of nitrogens with one attached hydrogen (secondary N) is 1. The fraction of sp³-hybridized carbons (Fsp3) is 0.907. The molecule has 6 unspecified atom stereocenters. The second-order valence-electron chi connectivity index (χ2n) is 18.6. The molecule has 0 aromatic heterocycles. The Bertz CT molecular complexity index is 1320. The van der Waals surface area contributed by atoms with Gasteiger partial charge in [0.05, 0.1) is 12.7 Å². The van der Waals surface area contributed by atoms with E-state index in [4.69, 9.17) is 23.7 Å². The van der Waals surface area contributed by atoms with Crippen LogP contribution in [0.5, 0.6) is 0 Å². The standard InChI is InChI=1S/C43H73NO9/c1-13-49-27(3)37(38(48)50-14-2)44-25-17-15-16-21-43(12,53-30(6)47)31-18-23-42(11)36(31)32(51-28(4)45)26-34-40(9)22-20-35(52-29(5)46)39(7,8)33(40)19-24-41(34,42)10/h27,31-37,44H,13-26H2,1-12H3/t27?,31?,32?,33?,34?,35-,36-,37?,40-,41+,42+,43-/m0/s1. The van der Waals surface area contributed by atoms with Crippen LogP contribution in [0.4, 0.5) is 0 Å². The highest BCUT2D eigenvalue weighted by atomic mass is 16.6. The van der Waals surface area contributed by atoms with Crippen molar-refractivity contribution in [2.24, 2.45) is 45.3 Å². The molecular weight excluding hydrogens is 674 g/mol. The molecule has 4 aliphatic carbocycles. The summed E-state index contributed by atoms with van der Waals surface area (Å²) in [7, 11) is 0. The average molecular weight is 748 g/mol. The molecule has 0 aromatic carbocycles. The predicted octanol–water partition coefficient (Wildman–Crippen LogP) is 7.97. The largest absolute Gasteiger partial charge is 0.465 e. The van der Waals surface area contributed by atoms with Gasteiger partial charge in [0.2, 0.25) is 0 Å². The highest BCUT2D eigenvalue weighted by Gasteiger charge is 2.72. The molecule has 0 bridgehead atoms. The van der Waals surface area contributed by atoms with Crippen molar-refractivity contribution >= 4 is 23.9 Å². The number of fused-ring (bicyclic) bond motifs is 5. The van der Waals surface area contributed by atoms with Gasteiger partial charge in [0.25, 0.3) is 0 Å². The quantitative estimate of drug-likeness (QED) is 0.0944. The molecule has 0 spiro atoms. The third-order valence-corrected chi connectivity index (χ3v) is 15.2. The third-order valence-electron chi connectivity index (χ3n) is 15.2. The molecule has 4 saturated carbocycles. The second kappa shape index (κ2) is 16.9. The highest BCUT2D eigenvalue weighted by molar-refractivity contribution is 5.76. The number of hydrogen-bond acceptors (Lipinski definition) is 10. The van der Waals surface area contributed by atoms with E-state index >= 15 is 0 Å². The van der Waals surface area contributed by atoms with Crippen LogP contribution in [0.1, 0.15) is 154 Å². The van der Waals surface area contributed by atoms with Crippen LogP contribution in [0.2, 0.25) is 0 Å². The first-order valence-electron chi connectivity index (χ1n) is 20.8. The molecular formula is C43H73NO9. The lowest BCUT2D eigenvalue weighted by atomic mass is 9.35. The van der Waals surface area contributed by atoms with Gasteiger partial charge in [0, 0.05) is 44.6 Å². The topological polar surface area (TPSA) is 126 Å². The lowest BCUT2D eigenvalue weighted by Crippen LogP contribution is -2.67. The van der Waals surface area contributed by atoms with Gasteiger partial charge in [-0.05, 0) is 127 Å². The first-order chi connectivity index (χ1) is 24.7. The number of carbonyl (C=O) groups is 4. The molecule has 4 aliphatic rings. The first-order valence-corrected chi connectivity index (χ1v) is 20.8. The minimum absolute atomic E-state index is 0.00240. The molecule has 10 heteroatoms. The van der Waals surface area contributed by atoms with Crippen molar-refractivity contribution in [3.05, 3.63) is 0 Å². The van der Waals surface area contributed by atoms with Gasteiger partial charge in [-0.15, -0.1) is 0 Å². The number of carbonyl (C=O) groups excluding carboxylic acids is 4. The van der Waals surface area contributed by atoms with Crippen molar-refractivity contribution in [1.82, 2.24) is 5.32 Å². The molecule has 0 radical (unpaired) electrons. The summed E-state index contributed by atoms with van der Waals surface area (Å²) in [6, 6.07) is -0.528. The summed E-state index contributed by atoms with van der Waals surface area (Å²) in [4.78, 5) is 50.4. The second-order valence-corrected chi connectivity index (χ2v) is 18.6. The van der Waals surface area contributed by atoms with Crippen LogP contribution in [0, 0.1) is 45.3 Å². The Labute approximate surface area is 320 Å². The molecule has 0 aromatic rings. The fourth-order valence-corrected chi connectivity index (χ4v) is 12.8. The third kappa shape index (κ3) is 8.49. The smallest absolute Gasteiger partial charge is 0.325 e. The van der Waals surface area contributed by atoms with Crippen LogP contribution >= 0.6 is 0 Å². The summed E-state index contributed by atoms with van der Waals surface area (Å²) in [6.45, 7) is 25.7. The van der Waals surface area contributed by atoms with Crippen molar-refractivity contribution in [2.75, 3.05) is 19.8 Å². The summed E-state index contributed by atoms with van der Waals surface area (Å²) in [5.74, 6) is -0.267. The molecule has 10 nitrogen and oxygen atoms in total. The maximum atomic E-state index is 12.9. The summed E-state index contributed by atoms with van der Waals surface area (Å²) >= 11 is 0. The Morgan fingerprint density at radius 1 is 0.792 bits per heavy atom. The van der Waals surface area contributed by atoms with Gasteiger partial charge >= 0.3 is 23.9 Å². The molecule has 0 saturated heterocycles. The van der Waals surface area contributed by atoms with Gasteiger partial charge in [0.1, 0.15) is 23.9 Å². The van der Waals surface area contributed by atoms with Crippen LogP contribution in [0.25, 0.3) is 0 Å². The molecule has 4 fully saturated rings. The zero-order valence-corrected chi connectivity index (χ0v) is 35.2. The van der Waals surface area contributed by atoms with Gasteiger partial charge < -0.3 is 29.0 Å². The van der Waals surface area contributed by atoms with E-state index in [0.717, 1.165) is 64.2 Å². The minimum atomic E-state index is -0.717. The molecule has 304 valence electrons. The normalized spacial score (nSPS) is 36.8. The molecule has 4 rings (SSSR count). The maximum Gasteiger partial charge on any atom is 0.325 e. The molecule has 0 amide bonds. The molecule has 53 heavy (non-hydrogen) atoms. The van der Waals surface area contributed by atoms with Gasteiger partial charge in [-0.3, -0.25) is 19.2 Å². The van der Waals surface area contributed by atoms with Crippen LogP contribution in [0.15, 0.2) is 0 Å². The fourth-order valence-electron chi connectivity index (χ4n) is 12.8. The maximum absolute atomic E-state index is 12.9. The summed E-state index contributed by atoms with van der Waals surface area (Å²) in [5.41, 5.74) is -1.02. The van der Waals surface area contributed by atoms with Crippen molar-refractivity contribution in [3.8, 4) is 0 Å². The molecule has 0 aliphatic heterocycles. The molecule has 12 atom stereocenters. The van der Waals surface area contributed by atoms with Crippen molar-refractivity contribution in [2.45, 2.75) is 184 Å². The molecule has 0 heterocycles. The molecule has 1 N–H and O–H groups in total. The van der Waals surface area contributed by atoms with E-state index in [9.17, 15) is 19.2 Å². The van der Waals surface area contributed by atoms with Crippen LogP contribution in [0.3, 0.4) is 0 Å². The first kappa shape index (κ1) is 43.5.